The number of amides is 1. The summed E-state index contributed by atoms with van der Waals surface area (Å²) < 4.78 is 1.74. The highest BCUT2D eigenvalue weighted by molar-refractivity contribution is 5.96. The van der Waals surface area contributed by atoms with Crippen molar-refractivity contribution in [1.82, 2.24) is 9.78 Å². The van der Waals surface area contributed by atoms with Crippen LogP contribution in [0.1, 0.15) is 33.7 Å². The maximum Gasteiger partial charge on any atom is 0.255 e. The number of nitrogens with one attached hydrogen (secondary N) is 1. The number of aliphatic hydroxyl groups is 1. The van der Waals surface area contributed by atoms with E-state index in [0.29, 0.717) is 5.69 Å². The number of rotatable bonds is 3. The molecule has 15 heavy (non-hydrogen) atoms. The second-order valence-electron chi connectivity index (χ2n) is 4.32. The third kappa shape index (κ3) is 3.06. The predicted octanol–water partition coefficient (Wildman–Crippen LogP) is 1.17. The molecule has 0 aliphatic heterocycles. The lowest BCUT2D eigenvalue weighted by Crippen LogP contribution is -2.36. The fourth-order valence-corrected chi connectivity index (χ4v) is 0.969. The van der Waals surface area contributed by atoms with Gasteiger partial charge in [-0.3, -0.25) is 9.48 Å². The van der Waals surface area contributed by atoms with Crippen molar-refractivity contribution in [3.63, 3.8) is 0 Å². The Kier molecular flexibility index (Phi) is 3.14. The standard InChI is InChI=1S/C10H17N3O2/c1-7(2)13-6-8(5-11-13)12-9(14)10(3,4)15/h5-7,15H,1-4H3,(H,12,14). The molecule has 1 heterocycles. The van der Waals surface area contributed by atoms with E-state index in [-0.39, 0.29) is 6.04 Å². The van der Waals surface area contributed by atoms with Crippen LogP contribution in [-0.2, 0) is 4.79 Å². The van der Waals surface area contributed by atoms with Gasteiger partial charge in [-0.2, -0.15) is 5.10 Å². The fourth-order valence-electron chi connectivity index (χ4n) is 0.969. The number of carbonyl (C=O) groups is 1. The van der Waals surface area contributed by atoms with E-state index in [4.69, 9.17) is 0 Å². The lowest BCUT2D eigenvalue weighted by molar-refractivity contribution is -0.130. The van der Waals surface area contributed by atoms with Gasteiger partial charge in [-0.05, 0) is 27.7 Å². The van der Waals surface area contributed by atoms with Crippen LogP contribution in [0.15, 0.2) is 12.4 Å². The summed E-state index contributed by atoms with van der Waals surface area (Å²) in [6.07, 6.45) is 3.29. The van der Waals surface area contributed by atoms with Crippen LogP contribution in [0.5, 0.6) is 0 Å². The van der Waals surface area contributed by atoms with Gasteiger partial charge in [0.2, 0.25) is 0 Å². The van der Waals surface area contributed by atoms with Gasteiger partial charge in [0.05, 0.1) is 11.9 Å². The van der Waals surface area contributed by atoms with Crippen LogP contribution in [0.4, 0.5) is 5.69 Å². The van der Waals surface area contributed by atoms with Crippen molar-refractivity contribution >= 4 is 11.6 Å². The van der Waals surface area contributed by atoms with E-state index in [1.54, 1.807) is 17.1 Å². The van der Waals surface area contributed by atoms with E-state index in [2.05, 4.69) is 10.4 Å². The smallest absolute Gasteiger partial charge is 0.255 e. The molecule has 0 radical (unpaired) electrons. The molecule has 0 aromatic carbocycles. The lowest BCUT2D eigenvalue weighted by atomic mass is 10.1. The maximum absolute atomic E-state index is 11.4. The molecule has 1 aromatic rings. The third-order valence-corrected chi connectivity index (χ3v) is 1.94. The Hall–Kier alpha value is -1.36. The molecule has 0 aliphatic rings. The van der Waals surface area contributed by atoms with Gasteiger partial charge in [-0.25, -0.2) is 0 Å². The molecule has 0 atom stereocenters. The number of hydrogen-bond donors (Lipinski definition) is 2. The summed E-state index contributed by atoms with van der Waals surface area (Å²) in [7, 11) is 0. The number of aromatic nitrogens is 2. The van der Waals surface area contributed by atoms with Crippen molar-refractivity contribution in [1.29, 1.82) is 0 Å². The summed E-state index contributed by atoms with van der Waals surface area (Å²) in [5.74, 6) is -0.439. The fraction of sp³-hybridized carbons (Fsp3) is 0.600. The van der Waals surface area contributed by atoms with Crippen LogP contribution in [0.25, 0.3) is 0 Å². The zero-order valence-corrected chi connectivity index (χ0v) is 9.48. The zero-order valence-electron chi connectivity index (χ0n) is 9.48. The molecule has 0 fully saturated rings. The SMILES string of the molecule is CC(C)n1cc(NC(=O)C(C)(C)O)cn1. The highest BCUT2D eigenvalue weighted by atomic mass is 16.3. The minimum absolute atomic E-state index is 0.248. The third-order valence-electron chi connectivity index (χ3n) is 1.94. The lowest BCUT2D eigenvalue weighted by Gasteiger charge is -2.15. The predicted molar refractivity (Wildman–Crippen MR) is 57.5 cm³/mol. The highest BCUT2D eigenvalue weighted by Crippen LogP contribution is 2.12. The number of anilines is 1. The second kappa shape index (κ2) is 4.02. The molecular weight excluding hydrogens is 194 g/mol. The molecule has 0 bridgehead atoms. The topological polar surface area (TPSA) is 67.2 Å². The Morgan fingerprint density at radius 2 is 2.20 bits per heavy atom. The number of carbonyl (C=O) groups excluding carboxylic acids is 1. The van der Waals surface area contributed by atoms with Gasteiger partial charge in [0, 0.05) is 12.2 Å². The van der Waals surface area contributed by atoms with Crippen LogP contribution in [0.2, 0.25) is 0 Å². The quantitative estimate of drug-likeness (QED) is 0.788. The number of hydrogen-bond acceptors (Lipinski definition) is 3. The first-order valence-electron chi connectivity index (χ1n) is 4.88. The summed E-state index contributed by atoms with van der Waals surface area (Å²) in [4.78, 5) is 11.4. The van der Waals surface area contributed by atoms with Crippen LogP contribution in [0, 0.1) is 0 Å². The van der Waals surface area contributed by atoms with Crippen molar-refractivity contribution < 1.29 is 9.90 Å². The average Bonchev–Trinajstić information content (AvgIpc) is 2.50. The van der Waals surface area contributed by atoms with E-state index < -0.39 is 11.5 Å². The molecule has 1 amide bonds. The first kappa shape index (κ1) is 11.7. The number of nitrogens with zero attached hydrogens (tertiary/aromatic N) is 2. The van der Waals surface area contributed by atoms with E-state index in [9.17, 15) is 9.90 Å². The van der Waals surface area contributed by atoms with Crippen molar-refractivity contribution in [3.05, 3.63) is 12.4 Å². The van der Waals surface area contributed by atoms with Gasteiger partial charge < -0.3 is 10.4 Å². The Labute approximate surface area is 89.1 Å². The minimum atomic E-state index is -1.38. The van der Waals surface area contributed by atoms with E-state index in [1.165, 1.54) is 13.8 Å². The van der Waals surface area contributed by atoms with Crippen molar-refractivity contribution in [3.8, 4) is 0 Å². The minimum Gasteiger partial charge on any atom is -0.381 e. The summed E-state index contributed by atoms with van der Waals surface area (Å²) in [6.45, 7) is 6.87. The van der Waals surface area contributed by atoms with Gasteiger partial charge in [-0.1, -0.05) is 0 Å². The molecule has 0 saturated carbocycles. The first-order valence-corrected chi connectivity index (χ1v) is 4.88. The molecule has 84 valence electrons. The van der Waals surface area contributed by atoms with Gasteiger partial charge >= 0.3 is 0 Å². The first-order chi connectivity index (χ1) is 6.80. The van der Waals surface area contributed by atoms with Gasteiger partial charge in [0.15, 0.2) is 0 Å². The summed E-state index contributed by atoms with van der Waals surface area (Å²) in [5, 5.41) is 16.1. The monoisotopic (exact) mass is 211 g/mol. The molecule has 2 N–H and O–H groups in total. The molecule has 1 rings (SSSR count). The molecule has 5 nitrogen and oxygen atoms in total. The van der Waals surface area contributed by atoms with Crippen LogP contribution >= 0.6 is 0 Å². The molecule has 0 unspecified atom stereocenters. The molecule has 5 heteroatoms. The van der Waals surface area contributed by atoms with Gasteiger partial charge in [0.1, 0.15) is 5.60 Å². The van der Waals surface area contributed by atoms with Gasteiger partial charge in [0.25, 0.3) is 5.91 Å². The second-order valence-corrected chi connectivity index (χ2v) is 4.32. The summed E-state index contributed by atoms with van der Waals surface area (Å²) in [5.41, 5.74) is -0.782. The Morgan fingerprint density at radius 1 is 1.60 bits per heavy atom. The normalized spacial score (nSPS) is 11.9. The molecular formula is C10H17N3O2. The van der Waals surface area contributed by atoms with Crippen molar-refractivity contribution in [2.24, 2.45) is 0 Å². The molecule has 0 aliphatic carbocycles. The largest absolute Gasteiger partial charge is 0.381 e. The zero-order chi connectivity index (χ0) is 11.6. The molecule has 0 spiro atoms. The van der Waals surface area contributed by atoms with Crippen LogP contribution in [0.3, 0.4) is 0 Å². The summed E-state index contributed by atoms with van der Waals surface area (Å²) in [6, 6.07) is 0.248. The Morgan fingerprint density at radius 3 is 2.60 bits per heavy atom. The van der Waals surface area contributed by atoms with Crippen LogP contribution < -0.4 is 5.32 Å². The van der Waals surface area contributed by atoms with E-state index >= 15 is 0 Å². The molecule has 0 saturated heterocycles. The van der Waals surface area contributed by atoms with Crippen LogP contribution in [-0.4, -0.2) is 26.4 Å². The van der Waals surface area contributed by atoms with Gasteiger partial charge in [-0.15, -0.1) is 0 Å². The highest BCUT2D eigenvalue weighted by Gasteiger charge is 2.23. The maximum atomic E-state index is 11.4. The van der Waals surface area contributed by atoms with Crippen molar-refractivity contribution in [2.45, 2.75) is 39.3 Å². The van der Waals surface area contributed by atoms with E-state index in [1.807, 2.05) is 13.8 Å². The summed E-state index contributed by atoms with van der Waals surface area (Å²) >= 11 is 0. The average molecular weight is 211 g/mol. The van der Waals surface area contributed by atoms with E-state index in [0.717, 1.165) is 0 Å². The Balaban J connectivity index is 2.70. The molecule has 1 aromatic heterocycles. The Bertz CT molecular complexity index is 350. The van der Waals surface area contributed by atoms with Crippen molar-refractivity contribution in [2.75, 3.05) is 5.32 Å².